The molecule has 4 N–H and O–H groups in total. The van der Waals surface area contributed by atoms with Gasteiger partial charge in [-0.2, -0.15) is 0 Å². The molecule has 0 aromatic heterocycles. The van der Waals surface area contributed by atoms with Gasteiger partial charge in [0.25, 0.3) is 0 Å². The van der Waals surface area contributed by atoms with Crippen LogP contribution in [0.25, 0.3) is 0 Å². The van der Waals surface area contributed by atoms with Gasteiger partial charge in [0.15, 0.2) is 6.10 Å². The average Bonchev–Trinajstić information content (AvgIpc) is 0.902. The molecule has 0 heterocycles. The summed E-state index contributed by atoms with van der Waals surface area (Å²) in [5.74, 6) is -1.63. The fourth-order valence-corrected chi connectivity index (χ4v) is 14.0. The second-order valence-electron chi connectivity index (χ2n) is 30.7. The third-order valence-corrected chi connectivity index (χ3v) is 21.3. The van der Waals surface area contributed by atoms with Crippen molar-refractivity contribution in [2.75, 3.05) is 39.6 Å². The lowest BCUT2D eigenvalue weighted by molar-refractivity contribution is -0.161. The van der Waals surface area contributed by atoms with Crippen LogP contribution in [0.1, 0.15) is 380 Å². The molecule has 0 fully saturated rings. The van der Waals surface area contributed by atoms with E-state index in [4.69, 9.17) is 32.3 Å². The highest BCUT2D eigenvalue weighted by molar-refractivity contribution is 7.47. The van der Waals surface area contributed by atoms with Crippen LogP contribution >= 0.6 is 15.6 Å². The van der Waals surface area contributed by atoms with Gasteiger partial charge in [0.2, 0.25) is 0 Å². The highest BCUT2D eigenvalue weighted by Gasteiger charge is 2.29. The molecule has 0 aliphatic heterocycles. The van der Waals surface area contributed by atoms with Crippen molar-refractivity contribution in [1.82, 2.24) is 0 Å². The molecule has 0 saturated heterocycles. The van der Waals surface area contributed by atoms with Crippen LogP contribution in [0, 0.1) is 0 Å². The molecular formula is C99H168O16P2. The standard InChI is InChI=1S/C99H168O16P2/c1-4-7-10-13-16-19-22-25-28-31-34-37-39-41-42-43-44-45-46-47-48-49-50-52-54-56-58-61-64-67-70-73-76-79-82-85-97(102)109-88-94(100)89-111-116(105,106)112-90-95(101)91-113-117(107,108)114-93-96(115-99(104)87-84-81-78-75-72-69-66-63-60-55-36-33-30-27-24-21-18-15-12-9-6-3)92-110-98(103)86-83-80-77-74-71-68-65-62-59-57-53-51-40-38-35-32-29-26-23-20-17-14-11-8-5-2/h9,12,16-21,25-30,34-38,41-42,51,53,55,63,66,72,75,94-96,100-101H,4-8,10-11,13-15,22-24,31-33,39-40,43-50,52,54,56-62,64-65,67-71,73-74,76-93H2,1-3H3,(H,105,106)(H,107,108)/b12-9-,19-16-,20-17-,21-18-,28-25-,29-26-,30-27-,37-34-,38-35-,42-41-,53-51-,55-36-,66-63-,75-72-. The van der Waals surface area contributed by atoms with Crippen molar-refractivity contribution < 1.29 is 75.8 Å². The quantitative estimate of drug-likeness (QED) is 0.0146. The molecule has 0 aliphatic carbocycles. The number of allylic oxidation sites excluding steroid dienone is 28. The topological polar surface area (TPSA) is 231 Å². The zero-order valence-corrected chi connectivity index (χ0v) is 75.6. The SMILES string of the molecule is CC/C=C\C/C=C\C/C=C\C/C=C\C/C=C\C/C=C\CCCCC(=O)OC(COC(=O)CCCCCCCCCCC/C=C\C/C=C\C/C=C\C/C=C\CCCCC)COP(=O)(O)OCC(O)COP(=O)(O)OCC(O)COC(=O)CCCCCCCCCCCCCCCCCCCCC/C=C\C/C=C\C/C=C\C/C=C\CCCCC. The minimum Gasteiger partial charge on any atom is -0.463 e. The van der Waals surface area contributed by atoms with Crippen molar-refractivity contribution in [2.24, 2.45) is 0 Å². The number of carbonyl (C=O) groups is 3. The van der Waals surface area contributed by atoms with E-state index in [1.165, 1.54) is 180 Å². The Morgan fingerprint density at radius 2 is 0.453 bits per heavy atom. The van der Waals surface area contributed by atoms with E-state index < -0.39 is 91.5 Å². The van der Waals surface area contributed by atoms with Crippen molar-refractivity contribution >= 4 is 33.6 Å². The third-order valence-electron chi connectivity index (χ3n) is 19.4. The Kier molecular flexibility index (Phi) is 86.2. The van der Waals surface area contributed by atoms with Gasteiger partial charge in [-0.05, 0) is 161 Å². The van der Waals surface area contributed by atoms with Crippen LogP contribution in [-0.2, 0) is 55.8 Å². The van der Waals surface area contributed by atoms with Gasteiger partial charge in [-0.25, -0.2) is 9.13 Å². The Morgan fingerprint density at radius 1 is 0.248 bits per heavy atom. The first-order valence-electron chi connectivity index (χ1n) is 46.4. The first-order valence-corrected chi connectivity index (χ1v) is 49.4. The number of phosphoric ester groups is 2. The highest BCUT2D eigenvalue weighted by atomic mass is 31.2. The van der Waals surface area contributed by atoms with E-state index >= 15 is 0 Å². The van der Waals surface area contributed by atoms with Crippen molar-refractivity contribution in [3.63, 3.8) is 0 Å². The minimum atomic E-state index is -4.96. The molecule has 0 aromatic rings. The average molecular weight is 1680 g/mol. The molecule has 0 saturated carbocycles. The Hall–Kier alpha value is -5.09. The second kappa shape index (κ2) is 90.2. The Balaban J connectivity index is 4.56. The van der Waals surface area contributed by atoms with E-state index in [9.17, 15) is 43.5 Å². The molecular weight excluding hydrogens is 1510 g/mol. The summed E-state index contributed by atoms with van der Waals surface area (Å²) < 4.78 is 61.4. The molecule has 18 heteroatoms. The number of rotatable bonds is 87. The van der Waals surface area contributed by atoms with Gasteiger partial charge in [0.05, 0.1) is 26.4 Å². The summed E-state index contributed by atoms with van der Waals surface area (Å²) in [6.07, 6.45) is 117. The van der Waals surface area contributed by atoms with Gasteiger partial charge in [0, 0.05) is 19.3 Å². The molecule has 16 nitrogen and oxygen atoms in total. The first-order chi connectivity index (χ1) is 57.2. The third kappa shape index (κ3) is 91.5. The normalized spacial score (nSPS) is 14.6. The molecule has 0 amide bonds. The maximum atomic E-state index is 13.0. The molecule has 117 heavy (non-hydrogen) atoms. The number of hydrogen-bond donors (Lipinski definition) is 4. The van der Waals surface area contributed by atoms with Crippen LogP contribution in [-0.4, -0.2) is 95.9 Å². The summed E-state index contributed by atoms with van der Waals surface area (Å²) in [5.41, 5.74) is 0. The fraction of sp³-hybridized carbons (Fsp3) is 0.687. The number of ether oxygens (including phenoxy) is 3. The second-order valence-corrected chi connectivity index (χ2v) is 33.6. The Labute approximate surface area is 713 Å². The molecule has 0 aromatic carbocycles. The summed E-state index contributed by atoms with van der Waals surface area (Å²) in [7, 11) is -9.83. The molecule has 5 unspecified atom stereocenters. The van der Waals surface area contributed by atoms with Crippen LogP contribution in [0.2, 0.25) is 0 Å². The molecule has 5 atom stereocenters. The van der Waals surface area contributed by atoms with Gasteiger partial charge < -0.3 is 34.2 Å². The van der Waals surface area contributed by atoms with Crippen LogP contribution < -0.4 is 0 Å². The van der Waals surface area contributed by atoms with E-state index in [1.54, 1.807) is 0 Å². The smallest absolute Gasteiger partial charge is 0.463 e. The van der Waals surface area contributed by atoms with E-state index in [1.807, 2.05) is 0 Å². The van der Waals surface area contributed by atoms with Gasteiger partial charge in [-0.3, -0.25) is 32.5 Å². The molecule has 0 rings (SSSR count). The summed E-state index contributed by atoms with van der Waals surface area (Å²) >= 11 is 0. The lowest BCUT2D eigenvalue weighted by Crippen LogP contribution is -2.30. The van der Waals surface area contributed by atoms with E-state index in [-0.39, 0.29) is 19.3 Å². The number of aliphatic hydroxyl groups is 2. The van der Waals surface area contributed by atoms with Gasteiger partial charge in [-0.1, -0.05) is 371 Å². The predicted molar refractivity (Wildman–Crippen MR) is 491 cm³/mol. The number of carbonyl (C=O) groups excluding carboxylic acids is 3. The van der Waals surface area contributed by atoms with E-state index in [0.29, 0.717) is 25.7 Å². The number of unbranched alkanes of at least 4 members (excludes halogenated alkanes) is 36. The van der Waals surface area contributed by atoms with Gasteiger partial charge >= 0.3 is 33.6 Å². The Bertz CT molecular complexity index is 2810. The van der Waals surface area contributed by atoms with Crippen LogP contribution in [0.3, 0.4) is 0 Å². The molecule has 0 spiro atoms. The lowest BCUT2D eigenvalue weighted by atomic mass is 10.0. The Morgan fingerprint density at radius 3 is 0.735 bits per heavy atom. The number of esters is 3. The van der Waals surface area contributed by atoms with Crippen molar-refractivity contribution in [1.29, 1.82) is 0 Å². The predicted octanol–water partition coefficient (Wildman–Crippen LogP) is 28.7. The van der Waals surface area contributed by atoms with Crippen molar-refractivity contribution in [3.05, 3.63) is 170 Å². The van der Waals surface area contributed by atoms with Gasteiger partial charge in [-0.15, -0.1) is 0 Å². The summed E-state index contributed by atoms with van der Waals surface area (Å²) in [6.45, 7) is 2.49. The fourth-order valence-electron chi connectivity index (χ4n) is 12.4. The largest absolute Gasteiger partial charge is 0.472 e. The minimum absolute atomic E-state index is 0.0431. The maximum absolute atomic E-state index is 13.0. The summed E-state index contributed by atoms with van der Waals surface area (Å²) in [5, 5.41) is 20.7. The van der Waals surface area contributed by atoms with E-state index in [0.717, 1.165) is 135 Å². The molecule has 0 radical (unpaired) electrons. The first kappa shape index (κ1) is 112. The molecule has 670 valence electrons. The van der Waals surface area contributed by atoms with Crippen LogP contribution in [0.4, 0.5) is 0 Å². The van der Waals surface area contributed by atoms with Crippen LogP contribution in [0.5, 0.6) is 0 Å². The van der Waals surface area contributed by atoms with Crippen LogP contribution in [0.15, 0.2) is 170 Å². The lowest BCUT2D eigenvalue weighted by Gasteiger charge is -2.21. The number of aliphatic hydroxyl groups excluding tert-OH is 2. The number of hydrogen-bond acceptors (Lipinski definition) is 14. The zero-order chi connectivity index (χ0) is 85.1. The highest BCUT2D eigenvalue weighted by Crippen LogP contribution is 2.45. The zero-order valence-electron chi connectivity index (χ0n) is 73.8. The molecule has 0 bridgehead atoms. The summed E-state index contributed by atoms with van der Waals surface area (Å²) in [4.78, 5) is 59.0. The van der Waals surface area contributed by atoms with E-state index in [2.05, 4.69) is 191 Å². The monoisotopic (exact) mass is 1680 g/mol. The molecule has 0 aliphatic rings. The van der Waals surface area contributed by atoms with Crippen molar-refractivity contribution in [2.45, 2.75) is 399 Å². The van der Waals surface area contributed by atoms with Crippen molar-refractivity contribution in [3.8, 4) is 0 Å². The number of phosphoric acid groups is 2. The maximum Gasteiger partial charge on any atom is 0.472 e. The van der Waals surface area contributed by atoms with Gasteiger partial charge in [0.1, 0.15) is 25.4 Å². The summed E-state index contributed by atoms with van der Waals surface area (Å²) in [6, 6.07) is 0.